The Morgan fingerprint density at radius 3 is 2.42 bits per heavy atom. The van der Waals surface area contributed by atoms with Gasteiger partial charge in [0.25, 0.3) is 0 Å². The Hall–Kier alpha value is -2.37. The van der Waals surface area contributed by atoms with Gasteiger partial charge in [0, 0.05) is 6.04 Å². The Morgan fingerprint density at radius 1 is 1.21 bits per heavy atom. The lowest BCUT2D eigenvalue weighted by molar-refractivity contribution is -0.139. The van der Waals surface area contributed by atoms with Crippen molar-refractivity contribution >= 4 is 17.5 Å². The Labute approximate surface area is 110 Å². The normalized spacial score (nSPS) is 14.9. The summed E-state index contributed by atoms with van der Waals surface area (Å²) in [6, 6.07) is 6.53. The van der Waals surface area contributed by atoms with E-state index >= 15 is 0 Å². The van der Waals surface area contributed by atoms with Crippen molar-refractivity contribution < 1.29 is 14.7 Å². The van der Waals surface area contributed by atoms with Crippen LogP contribution in [-0.2, 0) is 9.59 Å². The van der Waals surface area contributed by atoms with Crippen molar-refractivity contribution in [3.8, 4) is 5.75 Å². The summed E-state index contributed by atoms with van der Waals surface area (Å²) < 4.78 is 0. The summed E-state index contributed by atoms with van der Waals surface area (Å²) in [6.45, 7) is 1.70. The largest absolute Gasteiger partial charge is 0.508 e. The summed E-state index contributed by atoms with van der Waals surface area (Å²) in [6.07, 6.45) is 1.85. The van der Waals surface area contributed by atoms with Gasteiger partial charge >= 0.3 is 11.8 Å². The predicted molar refractivity (Wildman–Crippen MR) is 69.6 cm³/mol. The van der Waals surface area contributed by atoms with Crippen LogP contribution in [0.4, 0.5) is 0 Å². The van der Waals surface area contributed by atoms with Crippen molar-refractivity contribution in [1.82, 2.24) is 10.7 Å². The molecule has 1 saturated carbocycles. The third kappa shape index (κ3) is 3.80. The van der Waals surface area contributed by atoms with E-state index in [2.05, 4.69) is 15.8 Å². The molecular weight excluding hydrogens is 246 g/mol. The van der Waals surface area contributed by atoms with Crippen molar-refractivity contribution in [1.29, 1.82) is 0 Å². The van der Waals surface area contributed by atoms with Gasteiger partial charge in [-0.3, -0.25) is 9.59 Å². The lowest BCUT2D eigenvalue weighted by atomic mass is 10.1. The molecule has 1 aromatic carbocycles. The molecule has 0 aromatic heterocycles. The van der Waals surface area contributed by atoms with Gasteiger partial charge in [0.2, 0.25) is 0 Å². The third-order valence-electron chi connectivity index (χ3n) is 2.73. The molecular formula is C13H15N3O3. The fourth-order valence-corrected chi connectivity index (χ4v) is 1.43. The predicted octanol–water partition coefficient (Wildman–Crippen LogP) is 0.511. The molecule has 19 heavy (non-hydrogen) atoms. The van der Waals surface area contributed by atoms with Crippen LogP contribution >= 0.6 is 0 Å². The first-order valence-corrected chi connectivity index (χ1v) is 6.01. The van der Waals surface area contributed by atoms with E-state index < -0.39 is 11.8 Å². The summed E-state index contributed by atoms with van der Waals surface area (Å²) >= 11 is 0. The second kappa shape index (κ2) is 5.51. The zero-order valence-corrected chi connectivity index (χ0v) is 10.5. The Morgan fingerprint density at radius 2 is 1.84 bits per heavy atom. The number of rotatable bonds is 3. The van der Waals surface area contributed by atoms with Crippen LogP contribution in [-0.4, -0.2) is 28.7 Å². The fourth-order valence-electron chi connectivity index (χ4n) is 1.43. The molecule has 0 radical (unpaired) electrons. The number of nitrogens with zero attached hydrogens (tertiary/aromatic N) is 1. The van der Waals surface area contributed by atoms with Crippen molar-refractivity contribution in [2.24, 2.45) is 5.10 Å². The summed E-state index contributed by atoms with van der Waals surface area (Å²) in [5.74, 6) is -1.28. The molecule has 6 nitrogen and oxygen atoms in total. The van der Waals surface area contributed by atoms with Crippen LogP contribution in [0.1, 0.15) is 25.3 Å². The Bertz CT molecular complexity index is 518. The first-order valence-electron chi connectivity index (χ1n) is 6.01. The number of amides is 2. The highest BCUT2D eigenvalue weighted by atomic mass is 16.3. The number of benzene rings is 1. The minimum absolute atomic E-state index is 0.139. The van der Waals surface area contributed by atoms with Crippen LogP contribution in [0.15, 0.2) is 29.4 Å². The zero-order chi connectivity index (χ0) is 13.8. The maximum atomic E-state index is 11.4. The monoisotopic (exact) mass is 261 g/mol. The number of carbonyl (C=O) groups is 2. The number of hydrazone groups is 1. The lowest BCUT2D eigenvalue weighted by Crippen LogP contribution is -2.39. The molecule has 1 aliphatic rings. The SMILES string of the molecule is C/C(=N\NC(=O)C(=O)NC1CC1)c1ccc(O)cc1. The molecule has 1 aromatic rings. The molecule has 2 amide bonds. The van der Waals surface area contributed by atoms with Crippen LogP contribution in [0.25, 0.3) is 0 Å². The molecule has 100 valence electrons. The van der Waals surface area contributed by atoms with Crippen LogP contribution < -0.4 is 10.7 Å². The van der Waals surface area contributed by atoms with E-state index in [4.69, 9.17) is 5.11 Å². The third-order valence-corrected chi connectivity index (χ3v) is 2.73. The molecule has 3 N–H and O–H groups in total. The first kappa shape index (κ1) is 13.1. The summed E-state index contributed by atoms with van der Waals surface area (Å²) in [7, 11) is 0. The minimum Gasteiger partial charge on any atom is -0.508 e. The molecule has 0 unspecified atom stereocenters. The molecule has 0 atom stereocenters. The lowest BCUT2D eigenvalue weighted by Gasteiger charge is -2.03. The first-order chi connectivity index (χ1) is 9.06. The van der Waals surface area contributed by atoms with E-state index in [0.29, 0.717) is 5.71 Å². The maximum absolute atomic E-state index is 11.4. The second-order valence-electron chi connectivity index (χ2n) is 4.43. The highest BCUT2D eigenvalue weighted by molar-refractivity contribution is 6.35. The number of carbonyl (C=O) groups excluding carboxylic acids is 2. The van der Waals surface area contributed by atoms with E-state index in [1.807, 2.05) is 0 Å². The molecule has 0 spiro atoms. The van der Waals surface area contributed by atoms with E-state index in [0.717, 1.165) is 18.4 Å². The summed E-state index contributed by atoms with van der Waals surface area (Å²) in [5.41, 5.74) is 3.50. The molecule has 1 aliphatic carbocycles. The highest BCUT2D eigenvalue weighted by Gasteiger charge is 2.26. The Balaban J connectivity index is 1.91. The molecule has 0 saturated heterocycles. The van der Waals surface area contributed by atoms with Gasteiger partial charge < -0.3 is 10.4 Å². The van der Waals surface area contributed by atoms with Crippen molar-refractivity contribution in [2.45, 2.75) is 25.8 Å². The Kier molecular flexibility index (Phi) is 3.79. The van der Waals surface area contributed by atoms with Gasteiger partial charge in [-0.05, 0) is 49.6 Å². The average molecular weight is 261 g/mol. The van der Waals surface area contributed by atoms with Gasteiger partial charge in [0.05, 0.1) is 5.71 Å². The van der Waals surface area contributed by atoms with Gasteiger partial charge in [-0.2, -0.15) is 5.10 Å². The zero-order valence-electron chi connectivity index (χ0n) is 10.5. The van der Waals surface area contributed by atoms with Crippen LogP contribution in [0.3, 0.4) is 0 Å². The average Bonchev–Trinajstić information content (AvgIpc) is 3.20. The topological polar surface area (TPSA) is 90.8 Å². The number of aromatic hydroxyl groups is 1. The molecule has 6 heteroatoms. The number of nitrogens with one attached hydrogen (secondary N) is 2. The standard InChI is InChI=1S/C13H15N3O3/c1-8(9-2-6-11(17)7-3-9)15-16-13(19)12(18)14-10-4-5-10/h2-3,6-7,10,17H,4-5H2,1H3,(H,14,18)(H,16,19)/b15-8+. The fraction of sp³-hybridized carbons (Fsp3) is 0.308. The van der Waals surface area contributed by atoms with Crippen molar-refractivity contribution in [3.05, 3.63) is 29.8 Å². The number of hydrogen-bond donors (Lipinski definition) is 3. The van der Waals surface area contributed by atoms with Gasteiger partial charge in [-0.15, -0.1) is 0 Å². The summed E-state index contributed by atoms with van der Waals surface area (Å²) in [4.78, 5) is 22.8. The molecule has 0 aliphatic heterocycles. The molecule has 0 heterocycles. The highest BCUT2D eigenvalue weighted by Crippen LogP contribution is 2.18. The van der Waals surface area contributed by atoms with E-state index in [9.17, 15) is 9.59 Å². The maximum Gasteiger partial charge on any atom is 0.329 e. The van der Waals surface area contributed by atoms with Gasteiger partial charge in [0.1, 0.15) is 5.75 Å². The number of hydrogen-bond acceptors (Lipinski definition) is 4. The minimum atomic E-state index is -0.773. The van der Waals surface area contributed by atoms with E-state index in [1.165, 1.54) is 12.1 Å². The van der Waals surface area contributed by atoms with Crippen molar-refractivity contribution in [3.63, 3.8) is 0 Å². The van der Waals surface area contributed by atoms with E-state index in [1.54, 1.807) is 19.1 Å². The number of phenols is 1. The van der Waals surface area contributed by atoms with Crippen LogP contribution in [0.2, 0.25) is 0 Å². The molecule has 2 rings (SSSR count). The van der Waals surface area contributed by atoms with E-state index in [-0.39, 0.29) is 11.8 Å². The van der Waals surface area contributed by atoms with Crippen molar-refractivity contribution in [2.75, 3.05) is 0 Å². The molecule has 1 fully saturated rings. The summed E-state index contributed by atoms with van der Waals surface area (Å²) in [5, 5.41) is 15.6. The van der Waals surface area contributed by atoms with Crippen LogP contribution in [0.5, 0.6) is 5.75 Å². The quantitative estimate of drug-likeness (QED) is 0.420. The molecule has 0 bridgehead atoms. The van der Waals surface area contributed by atoms with Gasteiger partial charge in [-0.25, -0.2) is 5.43 Å². The van der Waals surface area contributed by atoms with Gasteiger partial charge in [-0.1, -0.05) is 0 Å². The van der Waals surface area contributed by atoms with Gasteiger partial charge in [0.15, 0.2) is 0 Å². The van der Waals surface area contributed by atoms with Crippen LogP contribution in [0, 0.1) is 0 Å². The number of phenolic OH excluding ortho intramolecular Hbond substituents is 1. The smallest absolute Gasteiger partial charge is 0.329 e. The second-order valence-corrected chi connectivity index (χ2v) is 4.43.